The van der Waals surface area contributed by atoms with E-state index >= 15 is 0 Å². The minimum Gasteiger partial charge on any atom is -0.462 e. The first-order valence-corrected chi connectivity index (χ1v) is 14.6. The predicted octanol–water partition coefficient (Wildman–Crippen LogP) is 6.60. The maximum Gasteiger partial charge on any atom is 0.302 e. The molecule has 208 valence electrons. The fraction of sp³-hybridized carbons (Fsp3) is 0.844. The third-order valence-corrected chi connectivity index (χ3v) is 11.7. The zero-order valence-corrected chi connectivity index (χ0v) is 24.8. The first-order chi connectivity index (χ1) is 16.9. The molecule has 4 rings (SSSR count). The number of allylic oxidation sites excluding steroid dienone is 2. The van der Waals surface area contributed by atoms with Crippen LogP contribution < -0.4 is 0 Å². The molecule has 4 aliphatic rings. The van der Waals surface area contributed by atoms with Crippen molar-refractivity contribution in [3.63, 3.8) is 0 Å². The highest BCUT2D eigenvalue weighted by Crippen LogP contribution is 2.71. The van der Waals surface area contributed by atoms with Crippen molar-refractivity contribution in [1.29, 1.82) is 0 Å². The number of hydrogen-bond donors (Lipinski definition) is 1. The number of hydrogen-bond acceptors (Lipinski definition) is 5. The summed E-state index contributed by atoms with van der Waals surface area (Å²) in [4.78, 5) is 40.1. The van der Waals surface area contributed by atoms with E-state index < -0.39 is 5.60 Å². The number of ether oxygens (including phenoxy) is 1. The Kier molecular flexibility index (Phi) is 6.96. The molecular formula is C32H50O5. The largest absolute Gasteiger partial charge is 0.462 e. The molecule has 37 heavy (non-hydrogen) atoms. The molecule has 0 aromatic rings. The van der Waals surface area contributed by atoms with Crippen LogP contribution in [0.5, 0.6) is 0 Å². The van der Waals surface area contributed by atoms with E-state index in [0.29, 0.717) is 31.1 Å². The molecule has 0 heterocycles. The molecule has 0 aliphatic heterocycles. The normalized spacial score (nSPS) is 40.1. The van der Waals surface area contributed by atoms with Gasteiger partial charge in [-0.2, -0.15) is 0 Å². The zero-order valence-electron chi connectivity index (χ0n) is 24.8. The highest BCUT2D eigenvalue weighted by molar-refractivity contribution is 6.11. The molecule has 7 atom stereocenters. The lowest BCUT2D eigenvalue weighted by molar-refractivity contribution is -0.169. The smallest absolute Gasteiger partial charge is 0.302 e. The van der Waals surface area contributed by atoms with Gasteiger partial charge in [-0.25, -0.2) is 0 Å². The number of carbonyl (C=O) groups is 3. The van der Waals surface area contributed by atoms with Gasteiger partial charge in [0.1, 0.15) is 6.10 Å². The molecule has 0 radical (unpaired) electrons. The Labute approximate surface area is 224 Å². The van der Waals surface area contributed by atoms with Gasteiger partial charge in [0.2, 0.25) is 0 Å². The van der Waals surface area contributed by atoms with E-state index in [1.54, 1.807) is 0 Å². The van der Waals surface area contributed by atoms with Gasteiger partial charge >= 0.3 is 5.97 Å². The van der Waals surface area contributed by atoms with Crippen LogP contribution in [0, 0.1) is 39.4 Å². The molecule has 0 aromatic carbocycles. The van der Waals surface area contributed by atoms with Crippen molar-refractivity contribution in [2.75, 3.05) is 0 Å². The highest BCUT2D eigenvalue weighted by atomic mass is 16.5. The molecule has 2 saturated carbocycles. The maximum atomic E-state index is 14.2. The summed E-state index contributed by atoms with van der Waals surface area (Å²) in [5.41, 5.74) is -0.287. The lowest BCUT2D eigenvalue weighted by atomic mass is 9.42. The number of ketones is 2. The van der Waals surface area contributed by atoms with Crippen LogP contribution in [0.2, 0.25) is 0 Å². The third kappa shape index (κ3) is 4.36. The quantitative estimate of drug-likeness (QED) is 0.404. The van der Waals surface area contributed by atoms with Crippen LogP contribution in [0.4, 0.5) is 0 Å². The molecule has 5 heteroatoms. The molecule has 0 aromatic heterocycles. The second-order valence-electron chi connectivity index (χ2n) is 15.0. The van der Waals surface area contributed by atoms with Crippen LogP contribution in [-0.2, 0) is 19.1 Å². The van der Waals surface area contributed by atoms with Gasteiger partial charge in [0.15, 0.2) is 11.6 Å². The number of Topliss-reactive ketones (excluding diaryl/α,β-unsaturated/α-hetero) is 2. The molecule has 0 spiro atoms. The summed E-state index contributed by atoms with van der Waals surface area (Å²) < 4.78 is 5.73. The minimum atomic E-state index is -0.656. The van der Waals surface area contributed by atoms with E-state index in [0.717, 1.165) is 49.7 Å². The fourth-order valence-electron chi connectivity index (χ4n) is 9.56. The maximum absolute atomic E-state index is 14.2. The van der Waals surface area contributed by atoms with Gasteiger partial charge in [0.25, 0.3) is 0 Å². The lowest BCUT2D eigenvalue weighted by Crippen LogP contribution is -2.59. The lowest BCUT2D eigenvalue weighted by Gasteiger charge is -2.60. The number of fused-ring (bicyclic) bond motifs is 4. The van der Waals surface area contributed by atoms with Crippen molar-refractivity contribution in [3.8, 4) is 0 Å². The minimum absolute atomic E-state index is 0.0285. The second kappa shape index (κ2) is 9.03. The standard InChI is InChI=1S/C32H50O5/c1-19(11-10-14-28(3,4)36)21-12-16-31(8)27-22(34)17-24-29(5,6)25(37-20(2)33)13-15-30(24,7)26(27)23(35)18-32(21,31)9/h19,21,24-25,36H,10-18H2,1-9H3/t19-,21+,24+,25+,30+,31-,32+/m1/s1. The number of carbonyl (C=O) groups excluding carboxylic acids is 3. The van der Waals surface area contributed by atoms with E-state index in [2.05, 4.69) is 41.5 Å². The van der Waals surface area contributed by atoms with E-state index in [1.807, 2.05) is 13.8 Å². The van der Waals surface area contributed by atoms with Crippen LogP contribution in [0.1, 0.15) is 120 Å². The van der Waals surface area contributed by atoms with Crippen molar-refractivity contribution in [1.82, 2.24) is 0 Å². The van der Waals surface area contributed by atoms with Crippen LogP contribution in [-0.4, -0.2) is 34.3 Å². The van der Waals surface area contributed by atoms with Crippen molar-refractivity contribution in [2.24, 2.45) is 39.4 Å². The van der Waals surface area contributed by atoms with Crippen LogP contribution >= 0.6 is 0 Å². The topological polar surface area (TPSA) is 80.7 Å². The Morgan fingerprint density at radius 3 is 2.30 bits per heavy atom. The summed E-state index contributed by atoms with van der Waals surface area (Å²) in [7, 11) is 0. The summed E-state index contributed by atoms with van der Waals surface area (Å²) in [5, 5.41) is 10.2. The van der Waals surface area contributed by atoms with Crippen LogP contribution in [0.25, 0.3) is 0 Å². The number of aliphatic hydroxyl groups is 1. The van der Waals surface area contributed by atoms with Crippen LogP contribution in [0.3, 0.4) is 0 Å². The van der Waals surface area contributed by atoms with Gasteiger partial charge in [-0.05, 0) is 69.1 Å². The summed E-state index contributed by atoms with van der Waals surface area (Å²) in [6, 6.07) is 0. The zero-order chi connectivity index (χ0) is 27.8. The molecule has 4 aliphatic carbocycles. The molecule has 0 saturated heterocycles. The van der Waals surface area contributed by atoms with Crippen molar-refractivity contribution < 1.29 is 24.2 Å². The van der Waals surface area contributed by atoms with Gasteiger partial charge in [-0.15, -0.1) is 0 Å². The van der Waals surface area contributed by atoms with Crippen molar-refractivity contribution in [3.05, 3.63) is 11.1 Å². The summed E-state index contributed by atoms with van der Waals surface area (Å²) in [5.74, 6) is 0.823. The number of rotatable bonds is 6. The fourth-order valence-corrected chi connectivity index (χ4v) is 9.56. The van der Waals surface area contributed by atoms with Crippen molar-refractivity contribution >= 4 is 17.5 Å². The molecular weight excluding hydrogens is 464 g/mol. The average molecular weight is 515 g/mol. The molecule has 0 bridgehead atoms. The summed E-state index contributed by atoms with van der Waals surface area (Å²) in [6.07, 6.45) is 6.92. The monoisotopic (exact) mass is 514 g/mol. The van der Waals surface area contributed by atoms with Gasteiger partial charge in [-0.3, -0.25) is 14.4 Å². The van der Waals surface area contributed by atoms with Crippen molar-refractivity contribution in [2.45, 2.75) is 132 Å². The van der Waals surface area contributed by atoms with E-state index in [4.69, 9.17) is 4.74 Å². The Morgan fingerprint density at radius 2 is 1.70 bits per heavy atom. The van der Waals surface area contributed by atoms with E-state index in [-0.39, 0.29) is 51.2 Å². The molecule has 5 nitrogen and oxygen atoms in total. The average Bonchev–Trinajstić information content (AvgIpc) is 3.01. The summed E-state index contributed by atoms with van der Waals surface area (Å²) >= 11 is 0. The first kappa shape index (κ1) is 28.5. The van der Waals surface area contributed by atoms with E-state index in [9.17, 15) is 19.5 Å². The van der Waals surface area contributed by atoms with Gasteiger partial charge in [0.05, 0.1) is 5.60 Å². The molecule has 0 amide bonds. The SMILES string of the molecule is CC(=O)O[C@H]1CC[C@]2(C)C3=C(C(=O)C[C@H]2C1(C)C)[C@@]1(C)CC[C@@H]([C@H](C)CCCC(C)(C)O)[C@]1(C)CC3=O. The second-order valence-corrected chi connectivity index (χ2v) is 15.0. The molecule has 1 N–H and O–H groups in total. The van der Waals surface area contributed by atoms with Gasteiger partial charge < -0.3 is 9.84 Å². The van der Waals surface area contributed by atoms with Gasteiger partial charge in [-0.1, -0.05) is 54.4 Å². The highest BCUT2D eigenvalue weighted by Gasteiger charge is 2.67. The predicted molar refractivity (Wildman–Crippen MR) is 145 cm³/mol. The van der Waals surface area contributed by atoms with E-state index in [1.165, 1.54) is 6.92 Å². The van der Waals surface area contributed by atoms with Gasteiger partial charge in [0, 0.05) is 47.2 Å². The summed E-state index contributed by atoms with van der Waals surface area (Å²) in [6.45, 7) is 18.5. The third-order valence-electron chi connectivity index (χ3n) is 11.7. The Bertz CT molecular complexity index is 1010. The first-order valence-electron chi connectivity index (χ1n) is 14.6. The Morgan fingerprint density at radius 1 is 1.05 bits per heavy atom. The Hall–Kier alpha value is -1.49. The molecule has 0 unspecified atom stereocenters. The van der Waals surface area contributed by atoms with Crippen LogP contribution in [0.15, 0.2) is 11.1 Å². The molecule has 2 fully saturated rings. The number of esters is 1. The Balaban J connectivity index is 1.70.